The fraction of sp³-hybridized carbons (Fsp3) is 0.250. The number of aryl methyl sites for hydroxylation is 1. The van der Waals surface area contributed by atoms with Crippen molar-refractivity contribution in [3.8, 4) is 12.0 Å². The highest BCUT2D eigenvalue weighted by atomic mass is 19.1. The molecule has 0 fully saturated rings. The smallest absolute Gasteiger partial charge is 0.239 e. The van der Waals surface area contributed by atoms with Crippen LogP contribution in [0.1, 0.15) is 41.3 Å². The number of nitriles is 1. The topological polar surface area (TPSA) is 72.3 Å². The molecule has 2 aromatic heterocycles. The summed E-state index contributed by atoms with van der Waals surface area (Å²) in [4.78, 5) is 4.27. The van der Waals surface area contributed by atoms with Crippen LogP contribution in [0, 0.1) is 18.3 Å². The monoisotopic (exact) mass is 308 g/mol. The highest BCUT2D eigenvalue weighted by Gasteiger charge is 2.35. The minimum Gasteiger partial charge on any atom is -0.239 e. The molecule has 23 heavy (non-hydrogen) atoms. The molecule has 6 nitrogen and oxygen atoms in total. The minimum atomic E-state index is -1.16. The van der Waals surface area contributed by atoms with Crippen LogP contribution in [-0.4, -0.2) is 24.5 Å². The van der Waals surface area contributed by atoms with Gasteiger partial charge in [-0.05, 0) is 12.5 Å². The lowest BCUT2D eigenvalue weighted by Crippen LogP contribution is -2.08. The highest BCUT2D eigenvalue weighted by molar-refractivity contribution is 5.32. The molecule has 7 heteroatoms. The molecule has 0 aliphatic carbocycles. The van der Waals surface area contributed by atoms with Crippen LogP contribution in [0.25, 0.3) is 5.95 Å². The van der Waals surface area contributed by atoms with Crippen LogP contribution in [0.5, 0.6) is 0 Å². The number of fused-ring (bicyclic) bond motifs is 1. The van der Waals surface area contributed by atoms with Gasteiger partial charge in [-0.15, -0.1) is 5.10 Å². The Morgan fingerprint density at radius 1 is 1.26 bits per heavy atom. The Morgan fingerprint density at radius 2 is 2.04 bits per heavy atom. The molecule has 3 heterocycles. The molecule has 0 N–H and O–H groups in total. The van der Waals surface area contributed by atoms with E-state index in [1.165, 1.54) is 4.68 Å². The van der Waals surface area contributed by atoms with E-state index in [1.807, 2.05) is 30.3 Å². The van der Waals surface area contributed by atoms with Crippen LogP contribution in [0.4, 0.5) is 4.39 Å². The third-order valence-electron chi connectivity index (χ3n) is 4.06. The molecule has 0 bridgehead atoms. The fourth-order valence-electron chi connectivity index (χ4n) is 2.89. The summed E-state index contributed by atoms with van der Waals surface area (Å²) < 4.78 is 17.4. The Labute approximate surface area is 131 Å². The summed E-state index contributed by atoms with van der Waals surface area (Å²) in [6, 6.07) is 11.6. The molecule has 0 unspecified atom stereocenters. The van der Waals surface area contributed by atoms with Crippen molar-refractivity contribution < 1.29 is 4.39 Å². The van der Waals surface area contributed by atoms with Crippen molar-refractivity contribution in [2.24, 2.45) is 0 Å². The predicted molar refractivity (Wildman–Crippen MR) is 79.6 cm³/mol. The Hall–Kier alpha value is -3.01. The number of alkyl halides is 1. The molecule has 114 valence electrons. The van der Waals surface area contributed by atoms with Gasteiger partial charge in [-0.1, -0.05) is 30.3 Å². The van der Waals surface area contributed by atoms with Crippen molar-refractivity contribution in [3.63, 3.8) is 0 Å². The largest absolute Gasteiger partial charge is 0.269 e. The van der Waals surface area contributed by atoms with Crippen molar-refractivity contribution in [3.05, 3.63) is 59.2 Å². The van der Waals surface area contributed by atoms with Crippen molar-refractivity contribution in [1.82, 2.24) is 24.5 Å². The second-order valence-electron chi connectivity index (χ2n) is 5.53. The Morgan fingerprint density at radius 3 is 2.74 bits per heavy atom. The molecule has 1 aliphatic heterocycles. The van der Waals surface area contributed by atoms with Crippen LogP contribution in [0.15, 0.2) is 36.5 Å². The van der Waals surface area contributed by atoms with Gasteiger partial charge < -0.3 is 0 Å². The second-order valence-corrected chi connectivity index (χ2v) is 5.53. The number of hydrogen-bond donors (Lipinski definition) is 0. The summed E-state index contributed by atoms with van der Waals surface area (Å²) in [6.45, 7) is 1.74. The fourth-order valence-corrected chi connectivity index (χ4v) is 2.89. The maximum atomic E-state index is 14.3. The van der Waals surface area contributed by atoms with E-state index in [4.69, 9.17) is 5.26 Å². The minimum absolute atomic E-state index is 0.172. The highest BCUT2D eigenvalue weighted by Crippen LogP contribution is 2.39. The van der Waals surface area contributed by atoms with Crippen LogP contribution < -0.4 is 0 Å². The van der Waals surface area contributed by atoms with E-state index in [0.717, 1.165) is 5.56 Å². The lowest BCUT2D eigenvalue weighted by molar-refractivity contribution is 0.328. The number of halogens is 1. The maximum Gasteiger partial charge on any atom is 0.269 e. The van der Waals surface area contributed by atoms with E-state index < -0.39 is 6.17 Å². The summed E-state index contributed by atoms with van der Waals surface area (Å²) in [5.41, 5.74) is 2.05. The lowest BCUT2D eigenvalue weighted by atomic mass is 10.0. The van der Waals surface area contributed by atoms with E-state index >= 15 is 0 Å². The van der Waals surface area contributed by atoms with E-state index in [-0.39, 0.29) is 12.0 Å². The molecule has 2 atom stereocenters. The van der Waals surface area contributed by atoms with Crippen LogP contribution in [-0.2, 0) is 0 Å². The van der Waals surface area contributed by atoms with Crippen molar-refractivity contribution in [1.29, 1.82) is 5.26 Å². The van der Waals surface area contributed by atoms with Gasteiger partial charge in [0.05, 0.1) is 23.5 Å². The number of aromatic nitrogens is 5. The van der Waals surface area contributed by atoms with E-state index in [0.29, 0.717) is 23.5 Å². The third kappa shape index (κ3) is 2.11. The first-order valence-corrected chi connectivity index (χ1v) is 7.29. The zero-order chi connectivity index (χ0) is 16.0. The van der Waals surface area contributed by atoms with Crippen LogP contribution in [0.3, 0.4) is 0 Å². The number of benzene rings is 1. The normalized spacial score (nSPS) is 19.5. The molecule has 4 rings (SSSR count). The third-order valence-corrected chi connectivity index (χ3v) is 4.06. The van der Waals surface area contributed by atoms with E-state index in [1.54, 1.807) is 17.8 Å². The summed E-state index contributed by atoms with van der Waals surface area (Å²) in [7, 11) is 0. The second kappa shape index (κ2) is 5.02. The van der Waals surface area contributed by atoms with Gasteiger partial charge in [0, 0.05) is 6.42 Å². The number of hydrogen-bond acceptors (Lipinski definition) is 4. The maximum absolute atomic E-state index is 14.3. The predicted octanol–water partition coefficient (Wildman–Crippen LogP) is 2.65. The van der Waals surface area contributed by atoms with Crippen LogP contribution in [0.2, 0.25) is 0 Å². The molecule has 0 saturated heterocycles. The number of rotatable bonds is 2. The Bertz CT molecular complexity index is 905. The lowest BCUT2D eigenvalue weighted by Gasteiger charge is -2.11. The zero-order valence-electron chi connectivity index (χ0n) is 12.4. The molecule has 3 aromatic rings. The Balaban J connectivity index is 1.77. The zero-order valence-corrected chi connectivity index (χ0v) is 12.4. The van der Waals surface area contributed by atoms with E-state index in [9.17, 15) is 4.39 Å². The van der Waals surface area contributed by atoms with Crippen molar-refractivity contribution in [2.75, 3.05) is 0 Å². The molecule has 0 saturated carbocycles. The first kappa shape index (κ1) is 13.6. The van der Waals surface area contributed by atoms with Crippen LogP contribution >= 0.6 is 0 Å². The summed E-state index contributed by atoms with van der Waals surface area (Å²) in [5, 5.41) is 17.7. The molecule has 0 spiro atoms. The molecule has 0 radical (unpaired) electrons. The SMILES string of the molecule is Cc1nn(-c2nc3n(n2)[C@H](c2ccccc2)C[C@@H]3F)cc1C#N. The van der Waals surface area contributed by atoms with E-state index in [2.05, 4.69) is 21.3 Å². The van der Waals surface area contributed by atoms with Gasteiger partial charge in [-0.2, -0.15) is 15.3 Å². The quantitative estimate of drug-likeness (QED) is 0.729. The summed E-state index contributed by atoms with van der Waals surface area (Å²) in [5.74, 6) is 0.591. The van der Waals surface area contributed by atoms with Gasteiger partial charge in [-0.3, -0.25) is 0 Å². The van der Waals surface area contributed by atoms with Gasteiger partial charge in [-0.25, -0.2) is 13.8 Å². The van der Waals surface area contributed by atoms with Crippen molar-refractivity contribution >= 4 is 0 Å². The number of nitrogens with zero attached hydrogens (tertiary/aromatic N) is 6. The van der Waals surface area contributed by atoms with Gasteiger partial charge in [0.2, 0.25) is 0 Å². The van der Waals surface area contributed by atoms with Gasteiger partial charge in [0.1, 0.15) is 6.07 Å². The first-order chi connectivity index (χ1) is 11.2. The summed E-state index contributed by atoms with van der Waals surface area (Å²) in [6.07, 6.45) is 0.736. The van der Waals surface area contributed by atoms with Gasteiger partial charge >= 0.3 is 0 Å². The Kier molecular flexibility index (Phi) is 2.98. The molecule has 1 aliphatic rings. The van der Waals surface area contributed by atoms with Gasteiger partial charge in [0.15, 0.2) is 12.0 Å². The molecular formula is C16H13FN6. The average molecular weight is 308 g/mol. The summed E-state index contributed by atoms with van der Waals surface area (Å²) >= 11 is 0. The standard InChI is InChI=1S/C16H13FN6/c1-10-12(8-18)9-22(20-10)16-19-15-13(17)7-14(23(15)21-16)11-5-3-2-4-6-11/h2-6,9,13-14H,7H2,1H3/t13-,14-/m0/s1. The molecule has 1 aromatic carbocycles. The first-order valence-electron chi connectivity index (χ1n) is 7.29. The molecule has 0 amide bonds. The van der Waals surface area contributed by atoms with Crippen molar-refractivity contribution in [2.45, 2.75) is 25.6 Å². The van der Waals surface area contributed by atoms with Gasteiger partial charge in [0.25, 0.3) is 5.95 Å². The molecular weight excluding hydrogens is 295 g/mol. The average Bonchev–Trinajstić information content (AvgIpc) is 3.23.